The smallest absolute Gasteiger partial charge is 0.416 e. The number of hydrogen-bond acceptors (Lipinski definition) is 2. The maximum absolute atomic E-state index is 12.7. The number of aliphatic imine (C=N–C) groups is 1. The minimum absolute atomic E-state index is 0.0266. The van der Waals surface area contributed by atoms with E-state index in [2.05, 4.69) is 11.6 Å². The van der Waals surface area contributed by atoms with Crippen LogP contribution in [0.25, 0.3) is 0 Å². The topological polar surface area (TPSA) is 49.7 Å². The fourth-order valence-electron chi connectivity index (χ4n) is 1.46. The molecule has 1 unspecified atom stereocenters. The molecule has 0 heterocycles. The minimum atomic E-state index is -4.99. The van der Waals surface area contributed by atoms with Crippen LogP contribution in [0, 0.1) is 0 Å². The Morgan fingerprint density at radius 2 is 1.52 bits per heavy atom. The first-order valence-corrected chi connectivity index (χ1v) is 6.01. The summed E-state index contributed by atoms with van der Waals surface area (Å²) in [6.45, 7) is 4.32. The van der Waals surface area contributed by atoms with E-state index in [0.29, 0.717) is 18.3 Å². The van der Waals surface area contributed by atoms with Crippen molar-refractivity contribution in [1.29, 1.82) is 0 Å². The Kier molecular flexibility index (Phi) is 4.93. The van der Waals surface area contributed by atoms with Crippen molar-refractivity contribution < 1.29 is 36.2 Å². The van der Waals surface area contributed by atoms with E-state index in [9.17, 15) is 31.1 Å². The van der Waals surface area contributed by atoms with Gasteiger partial charge in [0.05, 0.1) is 11.1 Å². The van der Waals surface area contributed by atoms with Gasteiger partial charge in [0.1, 0.15) is 0 Å². The molecule has 0 saturated heterocycles. The van der Waals surface area contributed by atoms with Gasteiger partial charge in [-0.1, -0.05) is 6.08 Å². The van der Waals surface area contributed by atoms with Gasteiger partial charge in [0.2, 0.25) is 0 Å². The number of carbonyl (C=O) groups is 1. The van der Waals surface area contributed by atoms with E-state index in [-0.39, 0.29) is 6.07 Å². The highest BCUT2D eigenvalue weighted by atomic mass is 19.4. The lowest BCUT2D eigenvalue weighted by atomic mass is 10.0. The summed E-state index contributed by atoms with van der Waals surface area (Å²) in [5.41, 5.74) is -5.41. The first kappa shape index (κ1) is 18.7. The summed E-state index contributed by atoms with van der Waals surface area (Å²) in [5.74, 6) is -1.45. The first-order chi connectivity index (χ1) is 10.3. The molecule has 1 atom stereocenters. The fraction of sp³-hybridized carbons (Fsp3) is 0.286. The third kappa shape index (κ3) is 4.57. The van der Waals surface area contributed by atoms with E-state index in [1.807, 2.05) is 0 Å². The molecule has 0 bridgehead atoms. The summed E-state index contributed by atoms with van der Waals surface area (Å²) in [6, 6.07) is 0.870. The molecule has 0 saturated carbocycles. The van der Waals surface area contributed by atoms with E-state index >= 15 is 0 Å². The van der Waals surface area contributed by atoms with Crippen molar-refractivity contribution in [2.24, 2.45) is 4.99 Å². The number of nitrogens with zero attached hydrogens (tertiary/aromatic N) is 1. The van der Waals surface area contributed by atoms with Crippen molar-refractivity contribution in [3.05, 3.63) is 47.5 Å². The Hall–Kier alpha value is -2.32. The number of aliphatic carboxylic acids is 1. The average Bonchev–Trinajstić information content (AvgIpc) is 2.42. The van der Waals surface area contributed by atoms with Crippen LogP contribution in [0.2, 0.25) is 0 Å². The summed E-state index contributed by atoms with van der Waals surface area (Å²) in [4.78, 5) is 14.5. The van der Waals surface area contributed by atoms with Crippen molar-refractivity contribution in [3.8, 4) is 0 Å². The van der Waals surface area contributed by atoms with Gasteiger partial charge >= 0.3 is 18.3 Å². The lowest BCUT2D eigenvalue weighted by Crippen LogP contribution is -2.30. The summed E-state index contributed by atoms with van der Waals surface area (Å²) >= 11 is 0. The van der Waals surface area contributed by atoms with Crippen molar-refractivity contribution >= 4 is 12.2 Å². The highest BCUT2D eigenvalue weighted by molar-refractivity contribution is 5.87. The van der Waals surface area contributed by atoms with Gasteiger partial charge in [0.15, 0.2) is 5.54 Å². The predicted octanol–water partition coefficient (Wildman–Crippen LogP) is 4.17. The molecule has 9 heteroatoms. The van der Waals surface area contributed by atoms with Gasteiger partial charge in [-0.2, -0.15) is 26.3 Å². The zero-order valence-corrected chi connectivity index (χ0v) is 11.7. The summed E-state index contributed by atoms with van der Waals surface area (Å²) < 4.78 is 76.1. The molecule has 1 N–H and O–H groups in total. The molecule has 1 aromatic rings. The molecule has 0 aliphatic rings. The molecule has 0 amide bonds. The van der Waals surface area contributed by atoms with Crippen molar-refractivity contribution in [2.75, 3.05) is 0 Å². The van der Waals surface area contributed by atoms with Crippen LogP contribution < -0.4 is 0 Å². The van der Waals surface area contributed by atoms with Gasteiger partial charge < -0.3 is 5.11 Å². The highest BCUT2D eigenvalue weighted by Crippen LogP contribution is 2.36. The number of halogens is 6. The zero-order chi connectivity index (χ0) is 18.1. The Morgan fingerprint density at radius 1 is 1.09 bits per heavy atom. The van der Waals surface area contributed by atoms with Gasteiger partial charge in [-0.15, -0.1) is 6.58 Å². The van der Waals surface area contributed by atoms with Crippen molar-refractivity contribution in [1.82, 2.24) is 0 Å². The van der Waals surface area contributed by atoms with Crippen LogP contribution in [0.4, 0.5) is 26.3 Å². The normalized spacial score (nSPS) is 15.4. The lowest BCUT2D eigenvalue weighted by Gasteiger charge is -2.15. The van der Waals surface area contributed by atoms with E-state index in [4.69, 9.17) is 5.11 Å². The van der Waals surface area contributed by atoms with Gasteiger partial charge in [-0.3, -0.25) is 4.99 Å². The maximum atomic E-state index is 12.7. The summed E-state index contributed by atoms with van der Waals surface area (Å²) in [6.07, 6.45) is -8.43. The Bertz CT molecular complexity index is 615. The fourth-order valence-corrected chi connectivity index (χ4v) is 1.46. The number of alkyl halides is 6. The van der Waals surface area contributed by atoms with Crippen LogP contribution in [0.5, 0.6) is 0 Å². The molecule has 126 valence electrons. The molecule has 0 spiro atoms. The van der Waals surface area contributed by atoms with E-state index in [1.54, 1.807) is 0 Å². The van der Waals surface area contributed by atoms with Crippen LogP contribution in [0.15, 0.2) is 35.8 Å². The largest absolute Gasteiger partial charge is 0.479 e. The molecule has 23 heavy (non-hydrogen) atoms. The second-order valence-corrected chi connectivity index (χ2v) is 4.75. The number of benzene rings is 1. The van der Waals surface area contributed by atoms with Crippen LogP contribution in [0.1, 0.15) is 23.6 Å². The van der Waals surface area contributed by atoms with Gasteiger partial charge in [0, 0.05) is 6.21 Å². The van der Waals surface area contributed by atoms with Gasteiger partial charge in [-0.25, -0.2) is 4.79 Å². The third-order valence-electron chi connectivity index (χ3n) is 2.92. The molecule has 0 aliphatic heterocycles. The van der Waals surface area contributed by atoms with Crippen molar-refractivity contribution in [3.63, 3.8) is 0 Å². The highest BCUT2D eigenvalue weighted by Gasteiger charge is 2.37. The van der Waals surface area contributed by atoms with Crippen LogP contribution >= 0.6 is 0 Å². The molecule has 0 aromatic heterocycles. The average molecular weight is 339 g/mol. The predicted molar refractivity (Wildman–Crippen MR) is 70.3 cm³/mol. The van der Waals surface area contributed by atoms with E-state index in [0.717, 1.165) is 13.0 Å². The number of carboxylic acid groups (broad SMARTS) is 1. The summed E-state index contributed by atoms with van der Waals surface area (Å²) in [7, 11) is 0. The molecular weight excluding hydrogens is 328 g/mol. The minimum Gasteiger partial charge on any atom is -0.479 e. The number of carboxylic acids is 1. The molecule has 0 aliphatic carbocycles. The number of rotatable bonds is 4. The molecular formula is C14H11F6NO2. The molecule has 1 rings (SSSR count). The zero-order valence-electron chi connectivity index (χ0n) is 11.7. The Labute approximate surface area is 127 Å². The second kappa shape index (κ2) is 6.05. The Morgan fingerprint density at radius 3 is 1.83 bits per heavy atom. The van der Waals surface area contributed by atoms with Gasteiger partial charge in [-0.05, 0) is 30.7 Å². The van der Waals surface area contributed by atoms with Crippen molar-refractivity contribution in [2.45, 2.75) is 24.8 Å². The standard InChI is InChI=1S/C14H11F6NO2/c1-3-12(2,11(22)23)21-7-8-4-9(13(15,16)17)6-10(5-8)14(18,19)20/h3-7H,1H2,2H3,(H,22,23). The van der Waals surface area contributed by atoms with Gasteiger partial charge in [0.25, 0.3) is 0 Å². The molecule has 0 fully saturated rings. The van der Waals surface area contributed by atoms with E-state index in [1.165, 1.54) is 0 Å². The first-order valence-electron chi connectivity index (χ1n) is 6.01. The SMILES string of the molecule is C=CC(C)(N=Cc1cc(C(F)(F)F)cc(C(F)(F)F)c1)C(=O)O. The Balaban J connectivity index is 3.42. The van der Waals surface area contributed by atoms with Crippen LogP contribution in [0.3, 0.4) is 0 Å². The van der Waals surface area contributed by atoms with Crippen LogP contribution in [-0.4, -0.2) is 22.8 Å². The molecule has 1 aromatic carbocycles. The lowest BCUT2D eigenvalue weighted by molar-refractivity contribution is -0.143. The maximum Gasteiger partial charge on any atom is 0.416 e. The third-order valence-corrected chi connectivity index (χ3v) is 2.92. The summed E-state index contributed by atoms with van der Waals surface area (Å²) in [5, 5.41) is 8.93. The monoisotopic (exact) mass is 339 g/mol. The van der Waals surface area contributed by atoms with E-state index < -0.39 is 40.6 Å². The van der Waals surface area contributed by atoms with Crippen LogP contribution in [-0.2, 0) is 17.1 Å². The quantitative estimate of drug-likeness (QED) is 0.508. The molecule has 3 nitrogen and oxygen atoms in total. The molecule has 0 radical (unpaired) electrons. The number of hydrogen-bond donors (Lipinski definition) is 1. The second-order valence-electron chi connectivity index (χ2n) is 4.75.